The first kappa shape index (κ1) is 11.7. The number of hydrogen-bond donors (Lipinski definition) is 2. The van der Waals surface area contributed by atoms with Gasteiger partial charge in [-0.25, -0.2) is 0 Å². The Bertz CT molecular complexity index is 239. The third-order valence-corrected chi connectivity index (χ3v) is 4.00. The second-order valence-electron chi connectivity index (χ2n) is 4.54. The minimum absolute atomic E-state index is 0.0278. The summed E-state index contributed by atoms with van der Waals surface area (Å²) in [6, 6.07) is 0. The first-order chi connectivity index (χ1) is 6.36. The Kier molecular flexibility index (Phi) is 3.02. The Morgan fingerprint density at radius 1 is 1.36 bits per heavy atom. The summed E-state index contributed by atoms with van der Waals surface area (Å²) < 4.78 is 0. The molecule has 0 saturated heterocycles. The number of aliphatic hydroxyl groups excluding tert-OH is 1. The van der Waals surface area contributed by atoms with Crippen LogP contribution in [-0.4, -0.2) is 27.7 Å². The standard InChI is InChI=1S/C11H20O3/c1-5-11(14)7(3)9(12)6(2)10(13)8(11)4/h6-9,12,14H,5H2,1-4H3. The van der Waals surface area contributed by atoms with Crippen LogP contribution in [0.3, 0.4) is 0 Å². The molecule has 1 rings (SSSR count). The molecule has 1 fully saturated rings. The molecule has 0 radical (unpaired) electrons. The van der Waals surface area contributed by atoms with Gasteiger partial charge in [0, 0.05) is 17.8 Å². The normalized spacial score (nSPS) is 49.4. The summed E-state index contributed by atoms with van der Waals surface area (Å²) in [4.78, 5) is 11.7. The second kappa shape index (κ2) is 3.63. The highest BCUT2D eigenvalue weighted by Crippen LogP contribution is 2.40. The average molecular weight is 200 g/mol. The topological polar surface area (TPSA) is 57.5 Å². The van der Waals surface area contributed by atoms with Gasteiger partial charge in [-0.2, -0.15) is 0 Å². The molecule has 0 spiro atoms. The molecule has 82 valence electrons. The maximum absolute atomic E-state index is 11.7. The van der Waals surface area contributed by atoms with E-state index in [-0.39, 0.29) is 23.5 Å². The van der Waals surface area contributed by atoms with E-state index < -0.39 is 11.7 Å². The predicted molar refractivity (Wildman–Crippen MR) is 53.7 cm³/mol. The summed E-state index contributed by atoms with van der Waals surface area (Å²) in [6.07, 6.45) is -0.214. The van der Waals surface area contributed by atoms with Crippen LogP contribution < -0.4 is 0 Å². The lowest BCUT2D eigenvalue weighted by molar-refractivity contribution is -0.170. The molecule has 0 aromatic rings. The van der Waals surface area contributed by atoms with E-state index in [0.29, 0.717) is 6.42 Å². The van der Waals surface area contributed by atoms with Crippen LogP contribution in [0.4, 0.5) is 0 Å². The molecule has 0 aliphatic heterocycles. The monoisotopic (exact) mass is 200 g/mol. The molecule has 1 saturated carbocycles. The smallest absolute Gasteiger partial charge is 0.143 e. The SMILES string of the molecule is CCC1(O)C(C)C(=O)C(C)C(O)C1C. The van der Waals surface area contributed by atoms with E-state index in [9.17, 15) is 15.0 Å². The van der Waals surface area contributed by atoms with Crippen LogP contribution in [0, 0.1) is 17.8 Å². The lowest BCUT2D eigenvalue weighted by atomic mass is 9.63. The maximum Gasteiger partial charge on any atom is 0.143 e. The van der Waals surface area contributed by atoms with E-state index in [2.05, 4.69) is 0 Å². The molecule has 0 aromatic heterocycles. The van der Waals surface area contributed by atoms with Gasteiger partial charge in [-0.1, -0.05) is 27.7 Å². The van der Waals surface area contributed by atoms with Crippen LogP contribution in [0.2, 0.25) is 0 Å². The molecule has 3 nitrogen and oxygen atoms in total. The van der Waals surface area contributed by atoms with Crippen molar-refractivity contribution in [2.24, 2.45) is 17.8 Å². The van der Waals surface area contributed by atoms with E-state index >= 15 is 0 Å². The van der Waals surface area contributed by atoms with Crippen molar-refractivity contribution in [3.8, 4) is 0 Å². The minimum atomic E-state index is -1.04. The van der Waals surface area contributed by atoms with Crippen LogP contribution in [-0.2, 0) is 4.79 Å². The van der Waals surface area contributed by atoms with Gasteiger partial charge in [-0.3, -0.25) is 4.79 Å². The minimum Gasteiger partial charge on any atom is -0.392 e. The van der Waals surface area contributed by atoms with Crippen molar-refractivity contribution in [2.45, 2.75) is 45.8 Å². The Balaban J connectivity index is 3.04. The van der Waals surface area contributed by atoms with Crippen molar-refractivity contribution in [1.29, 1.82) is 0 Å². The van der Waals surface area contributed by atoms with Crippen LogP contribution in [0.25, 0.3) is 0 Å². The lowest BCUT2D eigenvalue weighted by Crippen LogP contribution is -2.58. The molecule has 0 amide bonds. The zero-order chi connectivity index (χ0) is 11.1. The predicted octanol–water partition coefficient (Wildman–Crippen LogP) is 0.979. The van der Waals surface area contributed by atoms with Crippen molar-refractivity contribution >= 4 is 5.78 Å². The third kappa shape index (κ3) is 1.39. The summed E-state index contributed by atoms with van der Waals surface area (Å²) >= 11 is 0. The number of carbonyl (C=O) groups is 1. The van der Waals surface area contributed by atoms with Gasteiger partial charge in [0.1, 0.15) is 5.78 Å². The fraction of sp³-hybridized carbons (Fsp3) is 0.909. The van der Waals surface area contributed by atoms with Gasteiger partial charge in [0.15, 0.2) is 0 Å². The van der Waals surface area contributed by atoms with Gasteiger partial charge in [-0.15, -0.1) is 0 Å². The van der Waals surface area contributed by atoms with Crippen LogP contribution in [0.15, 0.2) is 0 Å². The summed E-state index contributed by atoms with van der Waals surface area (Å²) in [6.45, 7) is 7.15. The van der Waals surface area contributed by atoms with Gasteiger partial charge in [0.05, 0.1) is 11.7 Å². The Hall–Kier alpha value is -0.410. The number of hydrogen-bond acceptors (Lipinski definition) is 3. The van der Waals surface area contributed by atoms with Crippen molar-refractivity contribution in [1.82, 2.24) is 0 Å². The Morgan fingerprint density at radius 3 is 2.29 bits per heavy atom. The van der Waals surface area contributed by atoms with Crippen LogP contribution in [0.1, 0.15) is 34.1 Å². The van der Waals surface area contributed by atoms with Crippen LogP contribution >= 0.6 is 0 Å². The number of ketones is 1. The molecule has 5 unspecified atom stereocenters. The molecular weight excluding hydrogens is 180 g/mol. The molecule has 1 aliphatic carbocycles. The van der Waals surface area contributed by atoms with Gasteiger partial charge in [0.2, 0.25) is 0 Å². The molecule has 2 N–H and O–H groups in total. The van der Waals surface area contributed by atoms with E-state index in [1.54, 1.807) is 13.8 Å². The first-order valence-corrected chi connectivity index (χ1v) is 5.30. The number of aliphatic hydroxyl groups is 2. The van der Waals surface area contributed by atoms with Crippen molar-refractivity contribution in [3.63, 3.8) is 0 Å². The molecule has 0 bridgehead atoms. The zero-order valence-corrected chi connectivity index (χ0v) is 9.32. The molecule has 1 aliphatic rings. The zero-order valence-electron chi connectivity index (χ0n) is 9.32. The molecular formula is C11H20O3. The largest absolute Gasteiger partial charge is 0.392 e. The molecule has 0 heterocycles. The summed E-state index contributed by atoms with van der Waals surface area (Å²) in [5, 5.41) is 20.1. The Labute approximate surface area is 85.1 Å². The summed E-state index contributed by atoms with van der Waals surface area (Å²) in [7, 11) is 0. The fourth-order valence-corrected chi connectivity index (χ4v) is 2.56. The van der Waals surface area contributed by atoms with Gasteiger partial charge < -0.3 is 10.2 Å². The van der Waals surface area contributed by atoms with Gasteiger partial charge >= 0.3 is 0 Å². The maximum atomic E-state index is 11.7. The van der Waals surface area contributed by atoms with Crippen molar-refractivity contribution in [2.75, 3.05) is 0 Å². The fourth-order valence-electron chi connectivity index (χ4n) is 2.56. The molecule has 5 atom stereocenters. The lowest BCUT2D eigenvalue weighted by Gasteiger charge is -2.46. The summed E-state index contributed by atoms with van der Waals surface area (Å²) in [5.74, 6) is -0.997. The van der Waals surface area contributed by atoms with E-state index in [1.807, 2.05) is 13.8 Å². The molecule has 0 aromatic carbocycles. The Morgan fingerprint density at radius 2 is 1.86 bits per heavy atom. The van der Waals surface area contributed by atoms with E-state index in [4.69, 9.17) is 0 Å². The van der Waals surface area contributed by atoms with Crippen molar-refractivity contribution in [3.05, 3.63) is 0 Å². The van der Waals surface area contributed by atoms with Crippen molar-refractivity contribution < 1.29 is 15.0 Å². The average Bonchev–Trinajstić information content (AvgIpc) is 2.21. The highest BCUT2D eigenvalue weighted by Gasteiger charge is 2.51. The highest BCUT2D eigenvalue weighted by atomic mass is 16.3. The van der Waals surface area contributed by atoms with E-state index in [0.717, 1.165) is 0 Å². The third-order valence-electron chi connectivity index (χ3n) is 4.00. The van der Waals surface area contributed by atoms with Gasteiger partial charge in [0.25, 0.3) is 0 Å². The van der Waals surface area contributed by atoms with Gasteiger partial charge in [-0.05, 0) is 6.42 Å². The molecule has 3 heteroatoms. The molecule has 14 heavy (non-hydrogen) atoms. The van der Waals surface area contributed by atoms with Crippen LogP contribution in [0.5, 0.6) is 0 Å². The van der Waals surface area contributed by atoms with E-state index in [1.165, 1.54) is 0 Å². The quantitative estimate of drug-likeness (QED) is 0.663. The summed E-state index contributed by atoms with van der Waals surface area (Å²) in [5.41, 5.74) is -1.04. The first-order valence-electron chi connectivity index (χ1n) is 5.30. The number of carbonyl (C=O) groups excluding carboxylic acids is 1. The highest BCUT2D eigenvalue weighted by molar-refractivity contribution is 5.85. The number of Topliss-reactive ketones (excluding diaryl/α,β-unsaturated/α-hetero) is 1. The number of rotatable bonds is 1. The second-order valence-corrected chi connectivity index (χ2v) is 4.54.